The van der Waals surface area contributed by atoms with E-state index in [0.29, 0.717) is 0 Å². The molecule has 1 aliphatic carbocycles. The molecule has 1 aliphatic rings. The Morgan fingerprint density at radius 3 is 2.03 bits per heavy atom. The van der Waals surface area contributed by atoms with Gasteiger partial charge < -0.3 is 0 Å². The molecule has 1 heterocycles. The van der Waals surface area contributed by atoms with Gasteiger partial charge in [-0.2, -0.15) is 0 Å². The first-order valence-corrected chi connectivity index (χ1v) is 10.3. The molecule has 0 atom stereocenters. The van der Waals surface area contributed by atoms with E-state index in [1.807, 2.05) is 0 Å². The normalized spacial score (nSPS) is 12.0. The van der Waals surface area contributed by atoms with Crippen LogP contribution in [0.3, 0.4) is 0 Å². The molecule has 0 fully saturated rings. The van der Waals surface area contributed by atoms with E-state index >= 15 is 0 Å². The molecular formula is C28H25N. The second-order valence-electron chi connectivity index (χ2n) is 8.23. The number of hydrogen-bond donors (Lipinski definition) is 0. The number of hydrogen-bond acceptors (Lipinski definition) is 1. The summed E-state index contributed by atoms with van der Waals surface area (Å²) in [5, 5.41) is 0. The first kappa shape index (κ1) is 17.9. The van der Waals surface area contributed by atoms with Crippen molar-refractivity contribution in [3.8, 4) is 33.5 Å². The average Bonchev–Trinajstić information content (AvgIpc) is 3.09. The Morgan fingerprint density at radius 2 is 1.28 bits per heavy atom. The molecule has 142 valence electrons. The monoisotopic (exact) mass is 375 g/mol. The van der Waals surface area contributed by atoms with Gasteiger partial charge in [-0.05, 0) is 78.3 Å². The van der Waals surface area contributed by atoms with Crippen LogP contribution in [0.25, 0.3) is 33.5 Å². The zero-order chi connectivity index (χ0) is 20.1. The van der Waals surface area contributed by atoms with Crippen molar-refractivity contribution in [3.05, 3.63) is 100 Å². The standard InChI is InChI=1S/C28H25N/c1-17-7-5-9-23(19(17)3)21-11-12-25-22(15-21)16-28-26(25)13-14-27(29-28)24-10-6-8-18(2)20(24)4/h5-15H,16H2,1-4H3. The molecule has 0 bridgehead atoms. The van der Waals surface area contributed by atoms with Crippen LogP contribution in [-0.2, 0) is 6.42 Å². The summed E-state index contributed by atoms with van der Waals surface area (Å²) >= 11 is 0. The summed E-state index contributed by atoms with van der Waals surface area (Å²) in [6, 6.07) is 24.3. The fourth-order valence-corrected chi connectivity index (χ4v) is 4.47. The Bertz CT molecular complexity index is 1160. The SMILES string of the molecule is Cc1cccc(-c2ccc3c(c2)Cc2nc(-c4cccc(C)c4C)ccc2-3)c1C. The van der Waals surface area contributed by atoms with Crippen molar-refractivity contribution in [2.75, 3.05) is 0 Å². The summed E-state index contributed by atoms with van der Waals surface area (Å²) < 4.78 is 0. The van der Waals surface area contributed by atoms with Gasteiger partial charge in [0, 0.05) is 17.5 Å². The maximum absolute atomic E-state index is 5.07. The number of nitrogens with zero attached hydrogens (tertiary/aromatic N) is 1. The van der Waals surface area contributed by atoms with Gasteiger partial charge in [0.05, 0.1) is 11.4 Å². The number of aromatic nitrogens is 1. The summed E-state index contributed by atoms with van der Waals surface area (Å²) in [7, 11) is 0. The topological polar surface area (TPSA) is 12.9 Å². The number of fused-ring (bicyclic) bond motifs is 3. The third-order valence-electron chi connectivity index (χ3n) is 6.52. The van der Waals surface area contributed by atoms with Gasteiger partial charge in [-0.3, -0.25) is 4.98 Å². The molecule has 1 heteroatoms. The fourth-order valence-electron chi connectivity index (χ4n) is 4.47. The van der Waals surface area contributed by atoms with Crippen LogP contribution >= 0.6 is 0 Å². The van der Waals surface area contributed by atoms with Crippen molar-refractivity contribution >= 4 is 0 Å². The molecule has 0 N–H and O–H groups in total. The Morgan fingerprint density at radius 1 is 0.621 bits per heavy atom. The summed E-state index contributed by atoms with van der Waals surface area (Å²) in [5.41, 5.74) is 15.4. The van der Waals surface area contributed by atoms with Gasteiger partial charge in [0.1, 0.15) is 0 Å². The third-order valence-corrected chi connectivity index (χ3v) is 6.52. The van der Waals surface area contributed by atoms with Crippen molar-refractivity contribution in [2.45, 2.75) is 34.1 Å². The molecule has 0 saturated carbocycles. The Hall–Kier alpha value is -3.19. The van der Waals surface area contributed by atoms with Gasteiger partial charge >= 0.3 is 0 Å². The lowest BCUT2D eigenvalue weighted by atomic mass is 9.94. The van der Waals surface area contributed by atoms with Crippen molar-refractivity contribution < 1.29 is 0 Å². The molecule has 4 aromatic rings. The smallest absolute Gasteiger partial charge is 0.0708 e. The highest BCUT2D eigenvalue weighted by Crippen LogP contribution is 2.39. The molecule has 1 nitrogen and oxygen atoms in total. The zero-order valence-corrected chi connectivity index (χ0v) is 17.5. The molecule has 0 saturated heterocycles. The third kappa shape index (κ3) is 2.89. The first-order valence-electron chi connectivity index (χ1n) is 10.3. The van der Waals surface area contributed by atoms with Gasteiger partial charge in [-0.15, -0.1) is 0 Å². The quantitative estimate of drug-likeness (QED) is 0.317. The minimum absolute atomic E-state index is 0.905. The van der Waals surface area contributed by atoms with Crippen LogP contribution in [-0.4, -0.2) is 4.98 Å². The second-order valence-corrected chi connectivity index (χ2v) is 8.23. The van der Waals surface area contributed by atoms with Crippen LogP contribution in [0.1, 0.15) is 33.5 Å². The summed E-state index contributed by atoms with van der Waals surface area (Å²) in [4.78, 5) is 5.07. The van der Waals surface area contributed by atoms with Gasteiger partial charge in [0.25, 0.3) is 0 Å². The van der Waals surface area contributed by atoms with E-state index < -0.39 is 0 Å². The van der Waals surface area contributed by atoms with Gasteiger partial charge in [-0.25, -0.2) is 0 Å². The number of pyridine rings is 1. The molecule has 0 unspecified atom stereocenters. The molecule has 0 radical (unpaired) electrons. The summed E-state index contributed by atoms with van der Waals surface area (Å²) in [6.07, 6.45) is 0.905. The van der Waals surface area contributed by atoms with Crippen molar-refractivity contribution in [1.82, 2.24) is 4.98 Å². The molecule has 3 aromatic carbocycles. The van der Waals surface area contributed by atoms with E-state index in [1.165, 1.54) is 61.3 Å². The van der Waals surface area contributed by atoms with Crippen LogP contribution in [0.5, 0.6) is 0 Å². The highest BCUT2D eigenvalue weighted by atomic mass is 14.7. The van der Waals surface area contributed by atoms with E-state index in [1.54, 1.807) is 0 Å². The van der Waals surface area contributed by atoms with Crippen molar-refractivity contribution in [3.63, 3.8) is 0 Å². The van der Waals surface area contributed by atoms with Gasteiger partial charge in [0.15, 0.2) is 0 Å². The number of benzene rings is 3. The maximum atomic E-state index is 5.07. The van der Waals surface area contributed by atoms with Gasteiger partial charge in [0.2, 0.25) is 0 Å². The first-order chi connectivity index (χ1) is 14.0. The maximum Gasteiger partial charge on any atom is 0.0708 e. The van der Waals surface area contributed by atoms with Crippen LogP contribution in [0.15, 0.2) is 66.7 Å². The lowest BCUT2D eigenvalue weighted by Crippen LogP contribution is -1.93. The fraction of sp³-hybridized carbons (Fsp3) is 0.179. The average molecular weight is 376 g/mol. The molecular weight excluding hydrogens is 350 g/mol. The molecule has 1 aromatic heterocycles. The van der Waals surface area contributed by atoms with E-state index in [0.717, 1.165) is 12.1 Å². The molecule has 5 rings (SSSR count). The van der Waals surface area contributed by atoms with Crippen molar-refractivity contribution in [2.24, 2.45) is 0 Å². The second kappa shape index (κ2) is 6.70. The molecule has 0 spiro atoms. The van der Waals surface area contributed by atoms with Crippen molar-refractivity contribution in [1.29, 1.82) is 0 Å². The van der Waals surface area contributed by atoms with E-state index in [9.17, 15) is 0 Å². The van der Waals surface area contributed by atoms with Crippen LogP contribution in [0.4, 0.5) is 0 Å². The summed E-state index contributed by atoms with van der Waals surface area (Å²) in [6.45, 7) is 8.74. The predicted molar refractivity (Wildman–Crippen MR) is 122 cm³/mol. The molecule has 29 heavy (non-hydrogen) atoms. The zero-order valence-electron chi connectivity index (χ0n) is 17.5. The number of aryl methyl sites for hydroxylation is 2. The highest BCUT2D eigenvalue weighted by Gasteiger charge is 2.21. The number of rotatable bonds is 2. The van der Waals surface area contributed by atoms with E-state index in [4.69, 9.17) is 4.98 Å². The van der Waals surface area contributed by atoms with Gasteiger partial charge in [-0.1, -0.05) is 60.7 Å². The highest BCUT2D eigenvalue weighted by molar-refractivity contribution is 5.81. The molecule has 0 aliphatic heterocycles. The van der Waals surface area contributed by atoms with E-state index in [2.05, 4.69) is 94.4 Å². The predicted octanol–water partition coefficient (Wildman–Crippen LogP) is 7.22. The minimum Gasteiger partial charge on any atom is -0.252 e. The summed E-state index contributed by atoms with van der Waals surface area (Å²) in [5.74, 6) is 0. The molecule has 0 amide bonds. The van der Waals surface area contributed by atoms with Crippen LogP contribution < -0.4 is 0 Å². The van der Waals surface area contributed by atoms with E-state index in [-0.39, 0.29) is 0 Å². The Balaban J connectivity index is 1.56. The Kier molecular flexibility index (Phi) is 4.13. The lowest BCUT2D eigenvalue weighted by Gasteiger charge is -2.11. The van der Waals surface area contributed by atoms with Crippen LogP contribution in [0, 0.1) is 27.7 Å². The largest absolute Gasteiger partial charge is 0.252 e. The van der Waals surface area contributed by atoms with Crippen LogP contribution in [0.2, 0.25) is 0 Å². The Labute approximate surface area is 173 Å². The minimum atomic E-state index is 0.905. The lowest BCUT2D eigenvalue weighted by molar-refractivity contribution is 1.12.